The van der Waals surface area contributed by atoms with Crippen molar-refractivity contribution < 1.29 is 27.8 Å². The summed E-state index contributed by atoms with van der Waals surface area (Å²) in [6, 6.07) is 10.5. The van der Waals surface area contributed by atoms with E-state index in [9.17, 15) is 18.0 Å². The Balaban J connectivity index is 1.45. The number of nitrogens with one attached hydrogen (secondary N) is 1. The van der Waals surface area contributed by atoms with E-state index in [0.717, 1.165) is 33.6 Å². The molecule has 2 heterocycles. The van der Waals surface area contributed by atoms with Gasteiger partial charge in [-0.15, -0.1) is 11.3 Å². The number of ether oxygens (including phenoxy) is 1. The molecule has 0 spiro atoms. The van der Waals surface area contributed by atoms with E-state index in [1.807, 2.05) is 26.0 Å². The fourth-order valence-corrected chi connectivity index (χ4v) is 4.69. The minimum atomic E-state index is -4.37. The first-order valence-corrected chi connectivity index (χ1v) is 11.0. The first kappa shape index (κ1) is 22.8. The lowest BCUT2D eigenvalue weighted by atomic mass is 10.1. The highest BCUT2D eigenvalue weighted by molar-refractivity contribution is 7.15. The summed E-state index contributed by atoms with van der Waals surface area (Å²) in [5, 5.41) is 10.5. The number of hydrogen-bond acceptors (Lipinski definition) is 4. The van der Waals surface area contributed by atoms with Crippen molar-refractivity contribution in [2.24, 2.45) is 0 Å². The van der Waals surface area contributed by atoms with Gasteiger partial charge >= 0.3 is 12.1 Å². The average Bonchev–Trinajstić information content (AvgIpc) is 3.34. The lowest BCUT2D eigenvalue weighted by molar-refractivity contribution is -0.138. The standard InChI is InChI=1S/C24H21F3N2O3S/c1-13(12-32-18-7-8-19-16(9-21(30)31)11-28-20(19)10-18)22-14(2)33-23(29-22)15-3-5-17(6-4-15)24(25,26)27/h3-8,10-11,13,28H,9,12H2,1-2H3,(H,30,31)/t13-/m0/s1. The summed E-state index contributed by atoms with van der Waals surface area (Å²) in [7, 11) is 0. The fourth-order valence-electron chi connectivity index (χ4n) is 3.66. The molecule has 0 aliphatic carbocycles. The number of alkyl halides is 3. The van der Waals surface area contributed by atoms with Crippen LogP contribution < -0.4 is 4.74 Å². The number of fused-ring (bicyclic) bond motifs is 1. The van der Waals surface area contributed by atoms with Crippen molar-refractivity contribution in [2.75, 3.05) is 6.61 Å². The number of aryl methyl sites for hydroxylation is 1. The van der Waals surface area contributed by atoms with Gasteiger partial charge in [0.15, 0.2) is 0 Å². The van der Waals surface area contributed by atoms with E-state index >= 15 is 0 Å². The van der Waals surface area contributed by atoms with Crippen molar-refractivity contribution in [1.29, 1.82) is 0 Å². The SMILES string of the molecule is Cc1sc(-c2ccc(C(F)(F)F)cc2)nc1[C@@H](C)COc1ccc2c(CC(=O)O)c[nH]c2c1. The second-order valence-electron chi connectivity index (χ2n) is 7.84. The molecule has 2 aromatic carbocycles. The normalized spacial score (nSPS) is 12.8. The monoisotopic (exact) mass is 474 g/mol. The van der Waals surface area contributed by atoms with Gasteiger partial charge in [0.25, 0.3) is 0 Å². The molecule has 2 aromatic heterocycles. The smallest absolute Gasteiger partial charge is 0.416 e. The third-order valence-electron chi connectivity index (χ3n) is 5.34. The van der Waals surface area contributed by atoms with E-state index in [0.29, 0.717) is 28.5 Å². The lowest BCUT2D eigenvalue weighted by Crippen LogP contribution is -2.08. The second-order valence-corrected chi connectivity index (χ2v) is 9.04. The van der Waals surface area contributed by atoms with Crippen LogP contribution in [0, 0.1) is 6.92 Å². The highest BCUT2D eigenvalue weighted by atomic mass is 32.1. The van der Waals surface area contributed by atoms with Crippen LogP contribution in [0.5, 0.6) is 5.75 Å². The molecule has 5 nitrogen and oxygen atoms in total. The topological polar surface area (TPSA) is 75.2 Å². The van der Waals surface area contributed by atoms with E-state index in [1.54, 1.807) is 12.3 Å². The van der Waals surface area contributed by atoms with Crippen LogP contribution in [0.2, 0.25) is 0 Å². The largest absolute Gasteiger partial charge is 0.493 e. The molecule has 0 radical (unpaired) electrons. The molecule has 0 aliphatic heterocycles. The molecule has 0 fully saturated rings. The van der Waals surface area contributed by atoms with Gasteiger partial charge in [0.05, 0.1) is 24.3 Å². The fraction of sp³-hybridized carbons (Fsp3) is 0.250. The summed E-state index contributed by atoms with van der Waals surface area (Å²) < 4.78 is 44.4. The molecule has 0 unspecified atom stereocenters. The van der Waals surface area contributed by atoms with Crippen molar-refractivity contribution in [1.82, 2.24) is 9.97 Å². The maximum absolute atomic E-state index is 12.8. The maximum Gasteiger partial charge on any atom is 0.416 e. The van der Waals surface area contributed by atoms with Gasteiger partial charge in [-0.2, -0.15) is 13.2 Å². The molecule has 33 heavy (non-hydrogen) atoms. The number of carbonyl (C=O) groups is 1. The number of aliphatic carboxylic acids is 1. The molecular weight excluding hydrogens is 453 g/mol. The Morgan fingerprint density at radius 1 is 1.21 bits per heavy atom. The Hall–Kier alpha value is -3.33. The maximum atomic E-state index is 12.8. The summed E-state index contributed by atoms with van der Waals surface area (Å²) in [6.07, 6.45) is -2.73. The molecule has 4 rings (SSSR count). The Labute approximate surface area is 191 Å². The zero-order chi connectivity index (χ0) is 23.8. The summed E-state index contributed by atoms with van der Waals surface area (Å²) in [6.45, 7) is 4.29. The third-order valence-corrected chi connectivity index (χ3v) is 6.37. The van der Waals surface area contributed by atoms with Crippen molar-refractivity contribution in [3.05, 3.63) is 70.4 Å². The quantitative estimate of drug-likeness (QED) is 0.324. The Morgan fingerprint density at radius 2 is 1.94 bits per heavy atom. The van der Waals surface area contributed by atoms with Gasteiger partial charge in [-0.3, -0.25) is 4.79 Å². The molecular formula is C24H21F3N2O3S. The number of hydrogen-bond donors (Lipinski definition) is 2. The molecule has 0 saturated carbocycles. The first-order chi connectivity index (χ1) is 15.6. The van der Waals surface area contributed by atoms with Crippen LogP contribution in [0.3, 0.4) is 0 Å². The second kappa shape index (κ2) is 8.90. The van der Waals surface area contributed by atoms with E-state index in [2.05, 4.69) is 9.97 Å². The van der Waals surface area contributed by atoms with Crippen LogP contribution >= 0.6 is 11.3 Å². The molecule has 1 atom stereocenters. The zero-order valence-electron chi connectivity index (χ0n) is 17.9. The third kappa shape index (κ3) is 5.03. The Kier molecular flexibility index (Phi) is 6.16. The van der Waals surface area contributed by atoms with Crippen LogP contribution in [0.4, 0.5) is 13.2 Å². The van der Waals surface area contributed by atoms with Gasteiger partial charge < -0.3 is 14.8 Å². The molecule has 0 amide bonds. The highest BCUT2D eigenvalue weighted by Crippen LogP contribution is 2.34. The van der Waals surface area contributed by atoms with Gasteiger partial charge in [0.1, 0.15) is 10.8 Å². The van der Waals surface area contributed by atoms with Gasteiger partial charge in [0.2, 0.25) is 0 Å². The predicted octanol–water partition coefficient (Wildman–Crippen LogP) is 6.43. The van der Waals surface area contributed by atoms with Gasteiger partial charge in [0, 0.05) is 39.5 Å². The van der Waals surface area contributed by atoms with Crippen LogP contribution in [0.15, 0.2) is 48.7 Å². The molecule has 0 saturated heterocycles. The van der Waals surface area contributed by atoms with Crippen molar-refractivity contribution in [3.8, 4) is 16.3 Å². The van der Waals surface area contributed by atoms with Crippen molar-refractivity contribution >= 4 is 28.2 Å². The molecule has 0 aliphatic rings. The number of halogens is 3. The summed E-state index contributed by atoms with van der Waals surface area (Å²) in [5.41, 5.74) is 2.32. The van der Waals surface area contributed by atoms with Crippen LogP contribution in [-0.2, 0) is 17.4 Å². The van der Waals surface area contributed by atoms with E-state index in [4.69, 9.17) is 9.84 Å². The molecule has 0 bridgehead atoms. The number of aromatic nitrogens is 2. The van der Waals surface area contributed by atoms with Crippen molar-refractivity contribution in [2.45, 2.75) is 32.4 Å². The molecule has 2 N–H and O–H groups in total. The minimum absolute atomic E-state index is 0.0358. The highest BCUT2D eigenvalue weighted by Gasteiger charge is 2.30. The Morgan fingerprint density at radius 3 is 2.61 bits per heavy atom. The number of aromatic amines is 1. The minimum Gasteiger partial charge on any atom is -0.493 e. The average molecular weight is 475 g/mol. The number of rotatable bonds is 7. The van der Waals surface area contributed by atoms with Gasteiger partial charge in [-0.25, -0.2) is 4.98 Å². The number of carboxylic acid groups (broad SMARTS) is 1. The number of carboxylic acids is 1. The predicted molar refractivity (Wildman–Crippen MR) is 121 cm³/mol. The number of nitrogens with zero attached hydrogens (tertiary/aromatic N) is 1. The zero-order valence-corrected chi connectivity index (χ0v) is 18.7. The van der Waals surface area contributed by atoms with Gasteiger partial charge in [-0.05, 0) is 36.8 Å². The Bertz CT molecular complexity index is 1290. The van der Waals surface area contributed by atoms with Crippen LogP contribution in [0.25, 0.3) is 21.5 Å². The molecule has 9 heteroatoms. The number of benzene rings is 2. The lowest BCUT2D eigenvalue weighted by Gasteiger charge is -2.12. The number of H-pyrrole nitrogens is 1. The van der Waals surface area contributed by atoms with E-state index in [-0.39, 0.29) is 12.3 Å². The number of thiazole rings is 1. The van der Waals surface area contributed by atoms with E-state index < -0.39 is 17.7 Å². The molecule has 172 valence electrons. The van der Waals surface area contributed by atoms with Crippen LogP contribution in [-0.4, -0.2) is 27.7 Å². The molecule has 4 aromatic rings. The van der Waals surface area contributed by atoms with Crippen molar-refractivity contribution in [3.63, 3.8) is 0 Å². The summed E-state index contributed by atoms with van der Waals surface area (Å²) in [5.74, 6) is -0.278. The first-order valence-electron chi connectivity index (χ1n) is 10.2. The summed E-state index contributed by atoms with van der Waals surface area (Å²) in [4.78, 5) is 19.7. The van der Waals surface area contributed by atoms with Gasteiger partial charge in [-0.1, -0.05) is 19.1 Å². The van der Waals surface area contributed by atoms with E-state index in [1.165, 1.54) is 23.5 Å². The summed E-state index contributed by atoms with van der Waals surface area (Å²) >= 11 is 1.44. The van der Waals surface area contributed by atoms with Crippen LogP contribution in [0.1, 0.15) is 34.5 Å².